The van der Waals surface area contributed by atoms with E-state index >= 15 is 0 Å². The summed E-state index contributed by atoms with van der Waals surface area (Å²) in [5.74, 6) is 0.987. The van der Waals surface area contributed by atoms with Crippen molar-refractivity contribution in [3.63, 3.8) is 0 Å². The van der Waals surface area contributed by atoms with E-state index in [1.807, 2.05) is 30.5 Å². The Balaban J connectivity index is 2.15. The number of hydrogen-bond acceptors (Lipinski definition) is 3. The van der Waals surface area contributed by atoms with Crippen LogP contribution in [0.25, 0.3) is 0 Å². The summed E-state index contributed by atoms with van der Waals surface area (Å²) in [6.45, 7) is 5.63. The van der Waals surface area contributed by atoms with Crippen molar-refractivity contribution >= 4 is 0 Å². The van der Waals surface area contributed by atoms with E-state index in [0.29, 0.717) is 12.6 Å². The van der Waals surface area contributed by atoms with Crippen molar-refractivity contribution in [3.8, 4) is 6.07 Å². The molecule has 0 aliphatic carbocycles. The summed E-state index contributed by atoms with van der Waals surface area (Å²) in [4.78, 5) is 4.36. The number of aromatic nitrogens is 2. The highest BCUT2D eigenvalue weighted by atomic mass is 15.1. The first-order valence-electron chi connectivity index (χ1n) is 6.42. The lowest BCUT2D eigenvalue weighted by atomic mass is 10.1. The normalized spacial score (nSPS) is 10.6. The minimum Gasteiger partial charge on any atom is -0.329 e. The number of nitrogens with one attached hydrogen (secondary N) is 1. The number of hydrogen-bond donors (Lipinski definition) is 1. The molecular weight excluding hydrogens is 236 g/mol. The third-order valence-electron chi connectivity index (χ3n) is 2.95. The van der Waals surface area contributed by atoms with E-state index in [1.165, 1.54) is 0 Å². The van der Waals surface area contributed by atoms with Gasteiger partial charge in [-0.25, -0.2) is 4.98 Å². The van der Waals surface area contributed by atoms with E-state index < -0.39 is 0 Å². The van der Waals surface area contributed by atoms with Gasteiger partial charge in [0.05, 0.1) is 24.7 Å². The molecule has 0 aliphatic heterocycles. The van der Waals surface area contributed by atoms with Crippen molar-refractivity contribution in [3.05, 3.63) is 53.6 Å². The summed E-state index contributed by atoms with van der Waals surface area (Å²) in [6, 6.07) is 10.3. The molecule has 0 unspecified atom stereocenters. The molecule has 0 spiro atoms. The Morgan fingerprint density at radius 1 is 1.37 bits per heavy atom. The summed E-state index contributed by atoms with van der Waals surface area (Å²) in [5, 5.41) is 12.5. The third-order valence-corrected chi connectivity index (χ3v) is 2.95. The second-order valence-corrected chi connectivity index (χ2v) is 4.78. The molecule has 98 valence electrons. The SMILES string of the molecule is CC(C)NCc1nccn1Cc1ccccc1C#N. The molecule has 1 aromatic carbocycles. The smallest absolute Gasteiger partial charge is 0.122 e. The first-order chi connectivity index (χ1) is 9.20. The molecule has 19 heavy (non-hydrogen) atoms. The van der Waals surface area contributed by atoms with Crippen molar-refractivity contribution in [1.82, 2.24) is 14.9 Å². The molecule has 4 heteroatoms. The molecular formula is C15H18N4. The highest BCUT2D eigenvalue weighted by molar-refractivity contribution is 5.37. The molecule has 1 aromatic heterocycles. The van der Waals surface area contributed by atoms with E-state index in [-0.39, 0.29) is 0 Å². The van der Waals surface area contributed by atoms with Crippen molar-refractivity contribution in [2.75, 3.05) is 0 Å². The van der Waals surface area contributed by atoms with Crippen LogP contribution in [-0.2, 0) is 13.1 Å². The fraction of sp³-hybridized carbons (Fsp3) is 0.333. The topological polar surface area (TPSA) is 53.6 Å². The van der Waals surface area contributed by atoms with Gasteiger partial charge in [0.1, 0.15) is 5.82 Å². The highest BCUT2D eigenvalue weighted by Gasteiger charge is 2.06. The summed E-state index contributed by atoms with van der Waals surface area (Å²) in [7, 11) is 0. The average molecular weight is 254 g/mol. The Kier molecular flexibility index (Phi) is 4.32. The number of nitriles is 1. The Labute approximate surface area is 113 Å². The van der Waals surface area contributed by atoms with Crippen LogP contribution in [-0.4, -0.2) is 15.6 Å². The van der Waals surface area contributed by atoms with Crippen LogP contribution < -0.4 is 5.32 Å². The Bertz CT molecular complexity index is 578. The van der Waals surface area contributed by atoms with E-state index in [4.69, 9.17) is 5.26 Å². The van der Waals surface area contributed by atoms with Crippen molar-refractivity contribution in [2.24, 2.45) is 0 Å². The van der Waals surface area contributed by atoms with Crippen LogP contribution in [0.5, 0.6) is 0 Å². The van der Waals surface area contributed by atoms with Crippen LogP contribution in [0.2, 0.25) is 0 Å². The zero-order valence-electron chi connectivity index (χ0n) is 11.3. The number of imidazole rings is 1. The Hall–Kier alpha value is -2.12. The van der Waals surface area contributed by atoms with Crippen LogP contribution in [0.4, 0.5) is 0 Å². The molecule has 0 radical (unpaired) electrons. The van der Waals surface area contributed by atoms with Crippen molar-refractivity contribution < 1.29 is 0 Å². The monoisotopic (exact) mass is 254 g/mol. The van der Waals surface area contributed by atoms with Crippen LogP contribution in [0.15, 0.2) is 36.7 Å². The van der Waals surface area contributed by atoms with E-state index in [2.05, 4.69) is 34.8 Å². The molecule has 2 rings (SSSR count). The largest absolute Gasteiger partial charge is 0.329 e. The minimum absolute atomic E-state index is 0.427. The van der Waals surface area contributed by atoms with Crippen LogP contribution in [0.1, 0.15) is 30.8 Å². The second kappa shape index (κ2) is 6.17. The molecule has 1 N–H and O–H groups in total. The molecule has 0 atom stereocenters. The van der Waals surface area contributed by atoms with E-state index in [1.54, 1.807) is 6.20 Å². The van der Waals surface area contributed by atoms with Gasteiger partial charge in [-0.1, -0.05) is 32.0 Å². The first-order valence-corrected chi connectivity index (χ1v) is 6.42. The van der Waals surface area contributed by atoms with Gasteiger partial charge >= 0.3 is 0 Å². The summed E-state index contributed by atoms with van der Waals surface area (Å²) >= 11 is 0. The highest BCUT2D eigenvalue weighted by Crippen LogP contribution is 2.11. The average Bonchev–Trinajstić information content (AvgIpc) is 2.84. The minimum atomic E-state index is 0.427. The summed E-state index contributed by atoms with van der Waals surface area (Å²) < 4.78 is 2.07. The van der Waals surface area contributed by atoms with Gasteiger partial charge in [-0.05, 0) is 11.6 Å². The molecule has 1 heterocycles. The predicted octanol–water partition coefficient (Wildman–Crippen LogP) is 2.30. The zero-order chi connectivity index (χ0) is 13.7. The number of nitrogens with zero attached hydrogens (tertiary/aromatic N) is 3. The van der Waals surface area contributed by atoms with Crippen LogP contribution in [0.3, 0.4) is 0 Å². The van der Waals surface area contributed by atoms with E-state index in [9.17, 15) is 0 Å². The van der Waals surface area contributed by atoms with Crippen molar-refractivity contribution in [1.29, 1.82) is 5.26 Å². The quantitative estimate of drug-likeness (QED) is 0.890. The van der Waals surface area contributed by atoms with Gasteiger partial charge in [-0.3, -0.25) is 0 Å². The summed E-state index contributed by atoms with van der Waals surface area (Å²) in [5.41, 5.74) is 1.74. The van der Waals surface area contributed by atoms with Crippen LogP contribution >= 0.6 is 0 Å². The Morgan fingerprint density at radius 2 is 2.16 bits per heavy atom. The lowest BCUT2D eigenvalue weighted by Crippen LogP contribution is -2.24. The predicted molar refractivity (Wildman–Crippen MR) is 74.5 cm³/mol. The third kappa shape index (κ3) is 3.43. The zero-order valence-corrected chi connectivity index (χ0v) is 11.3. The van der Waals surface area contributed by atoms with Gasteiger partial charge in [0.2, 0.25) is 0 Å². The van der Waals surface area contributed by atoms with Crippen molar-refractivity contribution in [2.45, 2.75) is 33.0 Å². The first kappa shape index (κ1) is 13.3. The van der Waals surface area contributed by atoms with Gasteiger partial charge in [0, 0.05) is 18.4 Å². The summed E-state index contributed by atoms with van der Waals surface area (Å²) in [6.07, 6.45) is 3.75. The maximum absolute atomic E-state index is 9.11. The molecule has 0 aliphatic rings. The Morgan fingerprint density at radius 3 is 2.89 bits per heavy atom. The molecule has 0 amide bonds. The molecule has 0 bridgehead atoms. The molecule has 0 saturated carbocycles. The van der Waals surface area contributed by atoms with Gasteiger partial charge in [0.15, 0.2) is 0 Å². The van der Waals surface area contributed by atoms with Crippen LogP contribution in [0, 0.1) is 11.3 Å². The molecule has 0 saturated heterocycles. The fourth-order valence-electron chi connectivity index (χ4n) is 1.90. The van der Waals surface area contributed by atoms with Gasteiger partial charge in [0.25, 0.3) is 0 Å². The maximum atomic E-state index is 9.11. The molecule has 0 fully saturated rings. The second-order valence-electron chi connectivity index (χ2n) is 4.78. The van der Waals surface area contributed by atoms with Gasteiger partial charge in [-0.2, -0.15) is 5.26 Å². The molecule has 4 nitrogen and oxygen atoms in total. The lowest BCUT2D eigenvalue weighted by molar-refractivity contribution is 0.554. The lowest BCUT2D eigenvalue weighted by Gasteiger charge is -2.11. The standard InChI is InChI=1S/C15H18N4/c1-12(2)18-10-15-17-7-8-19(15)11-14-6-4-3-5-13(14)9-16/h3-8,12,18H,10-11H2,1-2H3. The van der Waals surface area contributed by atoms with E-state index in [0.717, 1.165) is 23.5 Å². The van der Waals surface area contributed by atoms with Gasteiger partial charge < -0.3 is 9.88 Å². The number of rotatable bonds is 5. The molecule has 2 aromatic rings. The fourth-order valence-corrected chi connectivity index (χ4v) is 1.90. The van der Waals surface area contributed by atoms with Gasteiger partial charge in [-0.15, -0.1) is 0 Å². The number of benzene rings is 1. The maximum Gasteiger partial charge on any atom is 0.122 e.